The molecule has 0 radical (unpaired) electrons. The third-order valence-corrected chi connectivity index (χ3v) is 7.80. The summed E-state index contributed by atoms with van der Waals surface area (Å²) in [6, 6.07) is 10.7. The van der Waals surface area contributed by atoms with Gasteiger partial charge < -0.3 is 39.4 Å². The Labute approximate surface area is 251 Å². The molecule has 232 valence electrons. The number of aliphatic hydroxyl groups is 1. The number of carbonyl (C=O) groups excluding carboxylic acids is 2. The van der Waals surface area contributed by atoms with Crippen LogP contribution in [0.4, 0.5) is 8.78 Å². The summed E-state index contributed by atoms with van der Waals surface area (Å²) in [7, 11) is 1.53. The maximum Gasteiger partial charge on any atom is 0.586 e. The van der Waals surface area contributed by atoms with Crippen LogP contribution in [0.1, 0.15) is 66.5 Å². The number of pyridine rings is 1. The minimum Gasteiger partial charge on any atom is -0.497 e. The van der Waals surface area contributed by atoms with Crippen molar-refractivity contribution < 1.29 is 47.2 Å². The molecular formula is C31H31F2N3O8. The number of nitrogens with zero attached hydrogens (tertiary/aromatic N) is 1. The van der Waals surface area contributed by atoms with E-state index < -0.39 is 29.5 Å². The predicted octanol–water partition coefficient (Wildman–Crippen LogP) is 3.94. The Morgan fingerprint density at radius 3 is 2.52 bits per heavy atom. The summed E-state index contributed by atoms with van der Waals surface area (Å²) in [5.74, 6) is 0.189. The Hall–Kier alpha value is -4.65. The van der Waals surface area contributed by atoms with Crippen molar-refractivity contribution in [1.29, 1.82) is 0 Å². The number of hydrogen-bond donors (Lipinski definition) is 3. The SMILES string of the molecule is COc1ccc2c(c1)O[C@@H](c1ccc(C(=O)NCC(C)(C)O)cn1)C[C@H]2NC(=O)[C@@]1(C)COc2cc3c(cc21)OC(F)(F)O3. The zero-order chi connectivity index (χ0) is 31.4. The second kappa shape index (κ2) is 10.5. The van der Waals surface area contributed by atoms with Gasteiger partial charge in [0.1, 0.15) is 35.4 Å². The summed E-state index contributed by atoms with van der Waals surface area (Å²) in [5, 5.41) is 15.7. The molecule has 13 heteroatoms. The first kappa shape index (κ1) is 29.4. The molecule has 3 aliphatic rings. The molecular weight excluding hydrogens is 580 g/mol. The zero-order valence-electron chi connectivity index (χ0n) is 24.4. The van der Waals surface area contributed by atoms with Crippen LogP contribution in [0.15, 0.2) is 48.7 Å². The molecule has 1 aromatic heterocycles. The molecule has 3 aliphatic heterocycles. The monoisotopic (exact) mass is 611 g/mol. The fourth-order valence-corrected chi connectivity index (χ4v) is 5.35. The quantitative estimate of drug-likeness (QED) is 0.363. The summed E-state index contributed by atoms with van der Waals surface area (Å²) in [6.45, 7) is 4.90. The topological polar surface area (TPSA) is 137 Å². The van der Waals surface area contributed by atoms with Crippen LogP contribution in [0.3, 0.4) is 0 Å². The van der Waals surface area contributed by atoms with Crippen LogP contribution < -0.4 is 34.3 Å². The molecule has 2 amide bonds. The number of hydrogen-bond acceptors (Lipinski definition) is 9. The third-order valence-electron chi connectivity index (χ3n) is 7.80. The van der Waals surface area contributed by atoms with E-state index in [1.807, 2.05) is 0 Å². The Morgan fingerprint density at radius 1 is 1.09 bits per heavy atom. The van der Waals surface area contributed by atoms with Crippen molar-refractivity contribution in [2.75, 3.05) is 20.3 Å². The minimum absolute atomic E-state index is 0.0197. The highest BCUT2D eigenvalue weighted by atomic mass is 19.3. The minimum atomic E-state index is -3.80. The van der Waals surface area contributed by atoms with Crippen molar-refractivity contribution in [3.05, 3.63) is 71.0 Å². The van der Waals surface area contributed by atoms with Crippen LogP contribution in [-0.4, -0.2) is 54.1 Å². The van der Waals surface area contributed by atoms with E-state index in [0.717, 1.165) is 0 Å². The number of nitrogens with one attached hydrogen (secondary N) is 2. The van der Waals surface area contributed by atoms with E-state index in [9.17, 15) is 23.5 Å². The number of carbonyl (C=O) groups is 2. The lowest BCUT2D eigenvalue weighted by Crippen LogP contribution is -2.46. The average molecular weight is 612 g/mol. The first-order valence-corrected chi connectivity index (χ1v) is 13.9. The van der Waals surface area contributed by atoms with Crippen molar-refractivity contribution in [2.24, 2.45) is 0 Å². The van der Waals surface area contributed by atoms with Crippen LogP contribution in [0.25, 0.3) is 0 Å². The lowest BCUT2D eigenvalue weighted by Gasteiger charge is -2.34. The van der Waals surface area contributed by atoms with Crippen LogP contribution in [0, 0.1) is 0 Å². The molecule has 0 bridgehead atoms. The van der Waals surface area contributed by atoms with Crippen molar-refractivity contribution in [1.82, 2.24) is 15.6 Å². The fourth-order valence-electron chi connectivity index (χ4n) is 5.35. The van der Waals surface area contributed by atoms with Gasteiger partial charge in [0.15, 0.2) is 11.5 Å². The number of aromatic nitrogens is 1. The van der Waals surface area contributed by atoms with Gasteiger partial charge in [-0.15, -0.1) is 8.78 Å². The zero-order valence-corrected chi connectivity index (χ0v) is 24.4. The Bertz CT molecular complexity index is 1630. The Morgan fingerprint density at radius 2 is 1.84 bits per heavy atom. The smallest absolute Gasteiger partial charge is 0.497 e. The summed E-state index contributed by atoms with van der Waals surface area (Å²) in [6.07, 6.45) is -2.66. The van der Waals surface area contributed by atoms with Gasteiger partial charge in [0, 0.05) is 42.4 Å². The molecule has 0 unspecified atom stereocenters. The third kappa shape index (κ3) is 5.54. The average Bonchev–Trinajstić information content (AvgIpc) is 3.47. The van der Waals surface area contributed by atoms with Gasteiger partial charge in [0.25, 0.3) is 5.91 Å². The van der Waals surface area contributed by atoms with Gasteiger partial charge in [-0.1, -0.05) is 0 Å². The van der Waals surface area contributed by atoms with Gasteiger partial charge in [-0.3, -0.25) is 14.6 Å². The van der Waals surface area contributed by atoms with Gasteiger partial charge in [-0.2, -0.15) is 0 Å². The molecule has 0 saturated heterocycles. The first-order valence-electron chi connectivity index (χ1n) is 13.9. The number of methoxy groups -OCH3 is 1. The van der Waals surface area contributed by atoms with Gasteiger partial charge in [0.2, 0.25) is 5.91 Å². The molecule has 6 rings (SSSR count). The predicted molar refractivity (Wildman–Crippen MR) is 150 cm³/mol. The van der Waals surface area contributed by atoms with E-state index in [-0.39, 0.29) is 42.2 Å². The van der Waals surface area contributed by atoms with Crippen molar-refractivity contribution in [2.45, 2.75) is 56.6 Å². The maximum absolute atomic E-state index is 13.9. The summed E-state index contributed by atoms with van der Waals surface area (Å²) in [4.78, 5) is 30.9. The maximum atomic E-state index is 13.9. The van der Waals surface area contributed by atoms with Gasteiger partial charge >= 0.3 is 6.29 Å². The van der Waals surface area contributed by atoms with Crippen molar-refractivity contribution in [3.63, 3.8) is 0 Å². The number of amides is 2. The van der Waals surface area contributed by atoms with Crippen molar-refractivity contribution in [3.8, 4) is 28.7 Å². The molecule has 11 nitrogen and oxygen atoms in total. The van der Waals surface area contributed by atoms with E-state index in [2.05, 4.69) is 25.1 Å². The van der Waals surface area contributed by atoms with Crippen LogP contribution in [-0.2, 0) is 10.2 Å². The van der Waals surface area contributed by atoms with E-state index >= 15 is 0 Å². The molecule has 4 heterocycles. The second-order valence-corrected chi connectivity index (χ2v) is 11.8. The van der Waals surface area contributed by atoms with Gasteiger partial charge in [-0.05, 0) is 51.1 Å². The fraction of sp³-hybridized carbons (Fsp3) is 0.387. The summed E-state index contributed by atoms with van der Waals surface area (Å²) >= 11 is 0. The molecule has 0 fully saturated rings. The standard InChI is InChI=1S/C31H31F2N3O8/c1-29(2,39)14-35-27(37)16-5-8-20(34-13-16)24-11-21(18-7-6-17(40-4)9-22(18)42-24)36-28(38)30(3)15-41-23-12-26-25(10-19(23)30)43-31(32,33)44-26/h5-10,12-13,21,24,39H,11,14-15H2,1-4H3,(H,35,37)(H,36,38)/t21-,24-,30+/m1/s1. The number of halogens is 2. The number of benzene rings is 2. The van der Waals surface area contributed by atoms with E-state index in [1.54, 1.807) is 51.1 Å². The molecule has 0 spiro atoms. The number of fused-ring (bicyclic) bond motifs is 3. The van der Waals surface area contributed by atoms with Crippen LogP contribution >= 0.6 is 0 Å². The summed E-state index contributed by atoms with van der Waals surface area (Å²) in [5.41, 5.74) is -0.325. The van der Waals surface area contributed by atoms with Crippen molar-refractivity contribution >= 4 is 11.8 Å². The highest BCUT2D eigenvalue weighted by Crippen LogP contribution is 2.50. The van der Waals surface area contributed by atoms with Gasteiger partial charge in [0.05, 0.1) is 30.0 Å². The highest BCUT2D eigenvalue weighted by molar-refractivity contribution is 5.94. The molecule has 3 aromatic rings. The Balaban J connectivity index is 1.24. The van der Waals surface area contributed by atoms with Gasteiger partial charge in [-0.25, -0.2) is 0 Å². The highest BCUT2D eigenvalue weighted by Gasteiger charge is 2.49. The molecule has 3 atom stereocenters. The second-order valence-electron chi connectivity index (χ2n) is 11.8. The van der Waals surface area contributed by atoms with E-state index in [0.29, 0.717) is 40.3 Å². The molecule has 0 aliphatic carbocycles. The lowest BCUT2D eigenvalue weighted by molar-refractivity contribution is -0.286. The first-order chi connectivity index (χ1) is 20.7. The van der Waals surface area contributed by atoms with Crippen LogP contribution in [0.5, 0.6) is 28.7 Å². The Kier molecular flexibility index (Phi) is 7.03. The lowest BCUT2D eigenvalue weighted by atomic mass is 9.82. The number of rotatable bonds is 7. The largest absolute Gasteiger partial charge is 0.586 e. The normalized spacial score (nSPS) is 22.6. The molecule has 0 saturated carbocycles. The molecule has 3 N–H and O–H groups in total. The number of ether oxygens (including phenoxy) is 5. The molecule has 2 aromatic carbocycles. The number of alkyl halides is 2. The summed E-state index contributed by atoms with van der Waals surface area (Å²) < 4.78 is 53.9. The molecule has 44 heavy (non-hydrogen) atoms. The van der Waals surface area contributed by atoms with Crippen LogP contribution in [0.2, 0.25) is 0 Å². The van der Waals surface area contributed by atoms with E-state index in [1.165, 1.54) is 25.4 Å². The van der Waals surface area contributed by atoms with E-state index in [4.69, 9.17) is 14.2 Å².